The molecule has 2 aromatic heterocycles. The number of rotatable bonds is 2. The zero-order valence-electron chi connectivity index (χ0n) is 11.1. The fourth-order valence-electron chi connectivity index (χ4n) is 2.36. The molecular formula is C15H14N4O. The number of nitrogens with zero attached hydrogens (tertiary/aromatic N) is 3. The van der Waals surface area contributed by atoms with E-state index in [1.165, 1.54) is 5.56 Å². The largest absolute Gasteiger partial charge is 0.310 e. The maximum Gasteiger partial charge on any atom is 0.262 e. The molecule has 100 valence electrons. The van der Waals surface area contributed by atoms with E-state index in [1.54, 1.807) is 10.9 Å². The summed E-state index contributed by atoms with van der Waals surface area (Å²) in [5.74, 6) is 1.20. The first kappa shape index (κ1) is 11.4. The highest BCUT2D eigenvalue weighted by Crippen LogP contribution is 2.37. The normalized spacial score (nSPS) is 14.8. The third-order valence-corrected chi connectivity index (χ3v) is 3.70. The zero-order valence-corrected chi connectivity index (χ0v) is 11.1. The van der Waals surface area contributed by atoms with Crippen LogP contribution in [-0.4, -0.2) is 19.7 Å². The van der Waals surface area contributed by atoms with E-state index in [9.17, 15) is 4.79 Å². The Bertz CT molecular complexity index is 840. The Kier molecular flexibility index (Phi) is 2.30. The van der Waals surface area contributed by atoms with Crippen molar-refractivity contribution in [2.75, 3.05) is 0 Å². The molecule has 0 unspecified atom stereocenters. The topological polar surface area (TPSA) is 63.6 Å². The molecule has 1 saturated carbocycles. The first-order chi connectivity index (χ1) is 9.72. The van der Waals surface area contributed by atoms with Gasteiger partial charge in [0.1, 0.15) is 11.2 Å². The van der Waals surface area contributed by atoms with Gasteiger partial charge in [-0.05, 0) is 31.9 Å². The van der Waals surface area contributed by atoms with Gasteiger partial charge in [-0.25, -0.2) is 9.67 Å². The van der Waals surface area contributed by atoms with Crippen molar-refractivity contribution < 1.29 is 0 Å². The Hall–Kier alpha value is -2.43. The molecule has 5 nitrogen and oxygen atoms in total. The van der Waals surface area contributed by atoms with Crippen molar-refractivity contribution in [3.05, 3.63) is 52.2 Å². The smallest absolute Gasteiger partial charge is 0.262 e. The summed E-state index contributed by atoms with van der Waals surface area (Å²) in [6.45, 7) is 2.04. The highest BCUT2D eigenvalue weighted by molar-refractivity contribution is 5.75. The molecule has 1 aliphatic carbocycles. The van der Waals surface area contributed by atoms with Crippen LogP contribution in [0.1, 0.15) is 30.1 Å². The Balaban J connectivity index is 1.95. The monoisotopic (exact) mass is 266 g/mol. The highest BCUT2D eigenvalue weighted by Gasteiger charge is 2.27. The second-order valence-electron chi connectivity index (χ2n) is 5.35. The third kappa shape index (κ3) is 1.74. The van der Waals surface area contributed by atoms with Gasteiger partial charge in [0, 0.05) is 5.92 Å². The van der Waals surface area contributed by atoms with Crippen molar-refractivity contribution in [2.45, 2.75) is 25.7 Å². The van der Waals surface area contributed by atoms with Crippen LogP contribution >= 0.6 is 0 Å². The fourth-order valence-corrected chi connectivity index (χ4v) is 2.36. The van der Waals surface area contributed by atoms with Gasteiger partial charge in [-0.15, -0.1) is 0 Å². The van der Waals surface area contributed by atoms with Crippen LogP contribution < -0.4 is 5.56 Å². The quantitative estimate of drug-likeness (QED) is 0.774. The van der Waals surface area contributed by atoms with Gasteiger partial charge in [-0.2, -0.15) is 5.10 Å². The summed E-state index contributed by atoms with van der Waals surface area (Å²) in [6.07, 6.45) is 3.79. The Labute approximate surface area is 115 Å². The molecular weight excluding hydrogens is 252 g/mol. The molecule has 20 heavy (non-hydrogen) atoms. The minimum absolute atomic E-state index is 0.102. The van der Waals surface area contributed by atoms with Gasteiger partial charge in [-0.1, -0.05) is 17.7 Å². The van der Waals surface area contributed by atoms with E-state index in [0.29, 0.717) is 17.0 Å². The molecule has 0 amide bonds. The Morgan fingerprint density at radius 1 is 1.25 bits per heavy atom. The predicted molar refractivity (Wildman–Crippen MR) is 76.2 cm³/mol. The molecule has 0 saturated heterocycles. The first-order valence-corrected chi connectivity index (χ1v) is 6.77. The number of aryl methyl sites for hydroxylation is 1. The van der Waals surface area contributed by atoms with E-state index < -0.39 is 0 Å². The van der Waals surface area contributed by atoms with E-state index in [4.69, 9.17) is 0 Å². The molecule has 1 N–H and O–H groups in total. The van der Waals surface area contributed by atoms with Crippen LogP contribution in [0.2, 0.25) is 0 Å². The van der Waals surface area contributed by atoms with Crippen LogP contribution in [-0.2, 0) is 0 Å². The van der Waals surface area contributed by atoms with Gasteiger partial charge >= 0.3 is 0 Å². The molecule has 1 aromatic carbocycles. The van der Waals surface area contributed by atoms with Crippen molar-refractivity contribution in [2.24, 2.45) is 0 Å². The highest BCUT2D eigenvalue weighted by atomic mass is 16.1. The minimum Gasteiger partial charge on any atom is -0.310 e. The third-order valence-electron chi connectivity index (χ3n) is 3.70. The average molecular weight is 266 g/mol. The van der Waals surface area contributed by atoms with E-state index in [0.717, 1.165) is 24.4 Å². The second kappa shape index (κ2) is 4.03. The summed E-state index contributed by atoms with van der Waals surface area (Å²) in [5.41, 5.74) is 2.65. The number of aromatic nitrogens is 4. The van der Waals surface area contributed by atoms with Crippen LogP contribution in [0.5, 0.6) is 0 Å². The van der Waals surface area contributed by atoms with Crippen molar-refractivity contribution >= 4 is 11.0 Å². The Morgan fingerprint density at radius 2 is 2.00 bits per heavy atom. The van der Waals surface area contributed by atoms with Crippen molar-refractivity contribution in [3.63, 3.8) is 0 Å². The van der Waals surface area contributed by atoms with Crippen molar-refractivity contribution in [1.82, 2.24) is 19.7 Å². The number of benzene rings is 1. The number of hydrogen-bond donors (Lipinski definition) is 1. The summed E-state index contributed by atoms with van der Waals surface area (Å²) >= 11 is 0. The molecule has 2 heterocycles. The molecule has 3 aromatic rings. The molecule has 0 atom stereocenters. The molecule has 1 aliphatic rings. The molecule has 0 spiro atoms. The molecule has 0 bridgehead atoms. The van der Waals surface area contributed by atoms with Gasteiger partial charge in [0.25, 0.3) is 5.56 Å². The minimum atomic E-state index is -0.102. The molecule has 5 heteroatoms. The van der Waals surface area contributed by atoms with Crippen molar-refractivity contribution in [3.8, 4) is 5.69 Å². The SMILES string of the molecule is Cc1ccc(-n2ncc3c(=O)[nH]c(C4CC4)nc32)cc1. The van der Waals surface area contributed by atoms with E-state index in [-0.39, 0.29) is 5.56 Å². The lowest BCUT2D eigenvalue weighted by Crippen LogP contribution is -2.11. The van der Waals surface area contributed by atoms with Gasteiger partial charge in [0.05, 0.1) is 11.9 Å². The summed E-state index contributed by atoms with van der Waals surface area (Å²) in [5, 5.41) is 4.85. The predicted octanol–water partition coefficient (Wildman–Crippen LogP) is 2.29. The summed E-state index contributed by atoms with van der Waals surface area (Å²) in [4.78, 5) is 19.5. The van der Waals surface area contributed by atoms with Crippen LogP contribution in [0.25, 0.3) is 16.7 Å². The van der Waals surface area contributed by atoms with Crippen LogP contribution in [0, 0.1) is 6.92 Å². The maximum absolute atomic E-state index is 12.1. The summed E-state index contributed by atoms with van der Waals surface area (Å²) in [6, 6.07) is 8.03. The van der Waals surface area contributed by atoms with Crippen LogP contribution in [0.3, 0.4) is 0 Å². The van der Waals surface area contributed by atoms with Gasteiger partial charge in [-0.3, -0.25) is 4.79 Å². The Morgan fingerprint density at radius 3 is 2.70 bits per heavy atom. The molecule has 4 rings (SSSR count). The number of aromatic amines is 1. The maximum atomic E-state index is 12.1. The molecule has 1 fully saturated rings. The lowest BCUT2D eigenvalue weighted by molar-refractivity contribution is 0.869. The standard InChI is InChI=1S/C15H14N4O/c1-9-2-6-11(7-3-9)19-14-12(8-16-19)15(20)18-13(17-14)10-4-5-10/h2-3,6-8,10H,4-5H2,1H3,(H,17,18,20). The lowest BCUT2D eigenvalue weighted by atomic mass is 10.2. The van der Waals surface area contributed by atoms with Crippen LogP contribution in [0.4, 0.5) is 0 Å². The van der Waals surface area contributed by atoms with Gasteiger partial charge < -0.3 is 4.98 Å². The van der Waals surface area contributed by atoms with E-state index in [1.807, 2.05) is 31.2 Å². The molecule has 0 aliphatic heterocycles. The molecule has 0 radical (unpaired) electrons. The van der Waals surface area contributed by atoms with Crippen molar-refractivity contribution in [1.29, 1.82) is 0 Å². The fraction of sp³-hybridized carbons (Fsp3) is 0.267. The average Bonchev–Trinajstić information content (AvgIpc) is 3.20. The van der Waals surface area contributed by atoms with E-state index >= 15 is 0 Å². The first-order valence-electron chi connectivity index (χ1n) is 6.77. The van der Waals surface area contributed by atoms with Gasteiger partial charge in [0.2, 0.25) is 0 Å². The zero-order chi connectivity index (χ0) is 13.7. The van der Waals surface area contributed by atoms with Gasteiger partial charge in [0.15, 0.2) is 5.65 Å². The summed E-state index contributed by atoms with van der Waals surface area (Å²) in [7, 11) is 0. The van der Waals surface area contributed by atoms with E-state index in [2.05, 4.69) is 15.1 Å². The summed E-state index contributed by atoms with van der Waals surface area (Å²) < 4.78 is 1.73. The number of hydrogen-bond acceptors (Lipinski definition) is 3. The lowest BCUT2D eigenvalue weighted by Gasteiger charge is -2.04. The number of nitrogens with one attached hydrogen (secondary N) is 1. The number of fused-ring (bicyclic) bond motifs is 1. The second-order valence-corrected chi connectivity index (χ2v) is 5.35. The number of H-pyrrole nitrogens is 1. The van der Waals surface area contributed by atoms with Crippen LogP contribution in [0.15, 0.2) is 35.3 Å².